The van der Waals surface area contributed by atoms with Crippen molar-refractivity contribution in [1.29, 1.82) is 0 Å². The molecule has 150 valence electrons. The van der Waals surface area contributed by atoms with E-state index in [1.54, 1.807) is 31.4 Å². The first-order valence-electron chi connectivity index (χ1n) is 9.13. The highest BCUT2D eigenvalue weighted by atomic mass is 79.9. The van der Waals surface area contributed by atoms with Gasteiger partial charge in [0.25, 0.3) is 0 Å². The second-order valence-electron chi connectivity index (χ2n) is 6.87. The van der Waals surface area contributed by atoms with E-state index < -0.39 is 0 Å². The fraction of sp³-hybridized carbons (Fsp3) is 0.381. The SMILES string of the molecule is COc1cc(OC)c(C(=O)c2ccccc2Br)c(O)c1CN1CCN(C)CC1. The number of carbonyl (C=O) groups excluding carboxylic acids is 1. The van der Waals surface area contributed by atoms with E-state index in [9.17, 15) is 9.90 Å². The van der Waals surface area contributed by atoms with E-state index in [-0.39, 0.29) is 22.8 Å². The molecule has 1 aliphatic rings. The Hall–Kier alpha value is -2.09. The van der Waals surface area contributed by atoms with Crippen LogP contribution in [0.2, 0.25) is 0 Å². The summed E-state index contributed by atoms with van der Waals surface area (Å²) in [6, 6.07) is 8.82. The van der Waals surface area contributed by atoms with E-state index >= 15 is 0 Å². The zero-order valence-corrected chi connectivity index (χ0v) is 18.0. The topological polar surface area (TPSA) is 62.2 Å². The number of halogens is 1. The van der Waals surface area contributed by atoms with Gasteiger partial charge in [0.05, 0.1) is 19.8 Å². The van der Waals surface area contributed by atoms with Crippen LogP contribution >= 0.6 is 15.9 Å². The van der Waals surface area contributed by atoms with Crippen molar-refractivity contribution < 1.29 is 19.4 Å². The van der Waals surface area contributed by atoms with E-state index in [0.29, 0.717) is 27.9 Å². The number of rotatable bonds is 6. The van der Waals surface area contributed by atoms with Gasteiger partial charge in [-0.15, -0.1) is 0 Å². The highest BCUT2D eigenvalue weighted by Crippen LogP contribution is 2.41. The highest BCUT2D eigenvalue weighted by Gasteiger charge is 2.27. The minimum atomic E-state index is -0.302. The maximum atomic E-state index is 13.2. The summed E-state index contributed by atoms with van der Waals surface area (Å²) < 4.78 is 11.6. The average molecular weight is 449 g/mol. The Morgan fingerprint density at radius 1 is 1.11 bits per heavy atom. The van der Waals surface area contributed by atoms with Gasteiger partial charge in [0, 0.05) is 48.8 Å². The highest BCUT2D eigenvalue weighted by molar-refractivity contribution is 9.10. The number of ketones is 1. The summed E-state index contributed by atoms with van der Waals surface area (Å²) in [5, 5.41) is 11.1. The summed E-state index contributed by atoms with van der Waals surface area (Å²) in [5.74, 6) is 0.411. The first kappa shape index (κ1) is 20.6. The van der Waals surface area contributed by atoms with Crippen molar-refractivity contribution in [3.05, 3.63) is 51.5 Å². The van der Waals surface area contributed by atoms with E-state index in [2.05, 4.69) is 32.8 Å². The number of likely N-dealkylation sites (N-methyl/N-ethyl adjacent to an activating group) is 1. The molecule has 0 spiro atoms. The zero-order chi connectivity index (χ0) is 20.3. The Morgan fingerprint density at radius 3 is 2.36 bits per heavy atom. The van der Waals surface area contributed by atoms with Gasteiger partial charge in [0.2, 0.25) is 5.78 Å². The van der Waals surface area contributed by atoms with Crippen molar-refractivity contribution in [3.63, 3.8) is 0 Å². The third kappa shape index (κ3) is 4.16. The van der Waals surface area contributed by atoms with Crippen LogP contribution in [-0.4, -0.2) is 68.1 Å². The number of nitrogens with zero attached hydrogens (tertiary/aromatic N) is 2. The minimum absolute atomic E-state index is 0.0871. The zero-order valence-electron chi connectivity index (χ0n) is 16.4. The van der Waals surface area contributed by atoms with Crippen molar-refractivity contribution in [2.75, 3.05) is 47.4 Å². The summed E-state index contributed by atoms with van der Waals surface area (Å²) in [4.78, 5) is 17.7. The van der Waals surface area contributed by atoms with Gasteiger partial charge in [-0.05, 0) is 19.2 Å². The van der Waals surface area contributed by atoms with Crippen molar-refractivity contribution in [1.82, 2.24) is 9.80 Å². The summed E-state index contributed by atoms with van der Waals surface area (Å²) in [7, 11) is 5.12. The molecular weight excluding hydrogens is 424 g/mol. The van der Waals surface area contributed by atoms with Gasteiger partial charge in [0.1, 0.15) is 22.8 Å². The first-order valence-corrected chi connectivity index (χ1v) is 9.92. The maximum Gasteiger partial charge on any atom is 0.201 e. The molecule has 2 aromatic carbocycles. The van der Waals surface area contributed by atoms with E-state index in [0.717, 1.165) is 26.2 Å². The van der Waals surface area contributed by atoms with Crippen molar-refractivity contribution >= 4 is 21.7 Å². The monoisotopic (exact) mass is 448 g/mol. The van der Waals surface area contributed by atoms with Crippen LogP contribution in [0.1, 0.15) is 21.5 Å². The maximum absolute atomic E-state index is 13.2. The number of hydrogen-bond acceptors (Lipinski definition) is 6. The van der Waals surface area contributed by atoms with Crippen LogP contribution in [-0.2, 0) is 6.54 Å². The number of phenolic OH excluding ortho intramolecular Hbond substituents is 1. The lowest BCUT2D eigenvalue weighted by Crippen LogP contribution is -2.43. The molecule has 0 aliphatic carbocycles. The third-order valence-corrected chi connectivity index (χ3v) is 5.78. The number of benzene rings is 2. The molecule has 2 aromatic rings. The standard InChI is InChI=1S/C21H25BrN2O4/c1-23-8-10-24(11-9-23)13-15-17(27-2)12-18(28-3)19(21(15)26)20(25)14-6-4-5-7-16(14)22/h4-7,12,26H,8-11,13H2,1-3H3. The molecule has 1 aliphatic heterocycles. The van der Waals surface area contributed by atoms with Crippen LogP contribution in [0.4, 0.5) is 0 Å². The van der Waals surface area contributed by atoms with Gasteiger partial charge in [-0.25, -0.2) is 0 Å². The van der Waals surface area contributed by atoms with Crippen molar-refractivity contribution in [2.45, 2.75) is 6.54 Å². The van der Waals surface area contributed by atoms with E-state index in [4.69, 9.17) is 9.47 Å². The quantitative estimate of drug-likeness (QED) is 0.684. The van der Waals surface area contributed by atoms with Crippen LogP contribution in [0.5, 0.6) is 17.2 Å². The Morgan fingerprint density at radius 2 is 1.75 bits per heavy atom. The Bertz CT molecular complexity index is 864. The molecule has 0 unspecified atom stereocenters. The molecule has 1 saturated heterocycles. The molecule has 0 atom stereocenters. The van der Waals surface area contributed by atoms with Crippen LogP contribution in [0.3, 0.4) is 0 Å². The molecule has 0 amide bonds. The molecule has 0 aromatic heterocycles. The number of phenols is 1. The van der Waals surface area contributed by atoms with E-state index in [1.165, 1.54) is 7.11 Å². The van der Waals surface area contributed by atoms with Crippen LogP contribution in [0.25, 0.3) is 0 Å². The van der Waals surface area contributed by atoms with Gasteiger partial charge < -0.3 is 19.5 Å². The summed E-state index contributed by atoms with van der Waals surface area (Å²) >= 11 is 3.42. The average Bonchev–Trinajstić information content (AvgIpc) is 2.70. The van der Waals surface area contributed by atoms with Gasteiger partial charge in [-0.2, -0.15) is 0 Å². The van der Waals surface area contributed by atoms with Gasteiger partial charge in [0.15, 0.2) is 0 Å². The molecule has 3 rings (SSSR count). The number of methoxy groups -OCH3 is 2. The summed E-state index contributed by atoms with van der Waals surface area (Å²) in [6.45, 7) is 4.20. The molecule has 1 N–H and O–H groups in total. The lowest BCUT2D eigenvalue weighted by molar-refractivity contribution is 0.103. The minimum Gasteiger partial charge on any atom is -0.507 e. The van der Waals surface area contributed by atoms with E-state index in [1.807, 2.05) is 6.07 Å². The predicted octanol–water partition coefficient (Wildman–Crippen LogP) is 3.15. The van der Waals surface area contributed by atoms with Gasteiger partial charge in [-0.3, -0.25) is 9.69 Å². The summed E-state index contributed by atoms with van der Waals surface area (Å²) in [6.07, 6.45) is 0. The Balaban J connectivity index is 2.04. The lowest BCUT2D eigenvalue weighted by Gasteiger charge is -2.33. The van der Waals surface area contributed by atoms with Gasteiger partial charge >= 0.3 is 0 Å². The molecule has 0 radical (unpaired) electrons. The normalized spacial score (nSPS) is 15.4. The molecule has 6 nitrogen and oxygen atoms in total. The van der Waals surface area contributed by atoms with Crippen LogP contribution < -0.4 is 9.47 Å². The number of aromatic hydroxyl groups is 1. The number of piperazine rings is 1. The van der Waals surface area contributed by atoms with Gasteiger partial charge in [-0.1, -0.05) is 28.1 Å². The second kappa shape index (κ2) is 8.94. The molecule has 0 saturated carbocycles. The number of hydrogen-bond donors (Lipinski definition) is 1. The van der Waals surface area contributed by atoms with Crippen molar-refractivity contribution in [2.24, 2.45) is 0 Å². The largest absolute Gasteiger partial charge is 0.507 e. The molecule has 0 bridgehead atoms. The second-order valence-corrected chi connectivity index (χ2v) is 7.73. The first-order chi connectivity index (χ1) is 13.5. The predicted molar refractivity (Wildman–Crippen MR) is 112 cm³/mol. The number of ether oxygens (including phenoxy) is 2. The fourth-order valence-corrected chi connectivity index (χ4v) is 3.85. The third-order valence-electron chi connectivity index (χ3n) is 5.09. The van der Waals surface area contributed by atoms with Crippen LogP contribution in [0.15, 0.2) is 34.8 Å². The van der Waals surface area contributed by atoms with Crippen LogP contribution in [0, 0.1) is 0 Å². The summed E-state index contributed by atoms with van der Waals surface area (Å²) in [5.41, 5.74) is 1.22. The molecular formula is C21H25BrN2O4. The molecule has 1 heterocycles. The molecule has 7 heteroatoms. The number of carbonyl (C=O) groups is 1. The molecule has 1 fully saturated rings. The lowest BCUT2D eigenvalue weighted by atomic mass is 9.97. The fourth-order valence-electron chi connectivity index (χ4n) is 3.39. The molecule has 28 heavy (non-hydrogen) atoms. The van der Waals surface area contributed by atoms with Crippen molar-refractivity contribution in [3.8, 4) is 17.2 Å². The smallest absolute Gasteiger partial charge is 0.201 e. The Kier molecular flexibility index (Phi) is 6.59. The Labute approximate surface area is 173 Å².